The Bertz CT molecular complexity index is 712. The van der Waals surface area contributed by atoms with E-state index in [2.05, 4.69) is 5.32 Å². The Morgan fingerprint density at radius 1 is 1.43 bits per heavy atom. The highest BCUT2D eigenvalue weighted by Gasteiger charge is 2.13. The number of carbonyl (C=O) groups excluding carboxylic acids is 1. The first-order valence-electron chi connectivity index (χ1n) is 6.61. The molecular formula is C15H18N2O3S. The van der Waals surface area contributed by atoms with E-state index in [1.807, 2.05) is 19.2 Å². The lowest BCUT2D eigenvalue weighted by molar-refractivity contribution is -0.117. The number of benzene rings is 1. The minimum absolute atomic E-state index is 0.238. The molecule has 1 aromatic heterocycles. The van der Waals surface area contributed by atoms with Crippen LogP contribution in [0.4, 0.5) is 5.69 Å². The summed E-state index contributed by atoms with van der Waals surface area (Å²) in [5.41, 5.74) is 7.28. The van der Waals surface area contributed by atoms with Gasteiger partial charge in [-0.15, -0.1) is 0 Å². The highest BCUT2D eigenvalue weighted by atomic mass is 32.2. The second kappa shape index (κ2) is 6.78. The van der Waals surface area contributed by atoms with Gasteiger partial charge in [-0.25, -0.2) is 4.79 Å². The predicted molar refractivity (Wildman–Crippen MR) is 86.8 cm³/mol. The third kappa shape index (κ3) is 3.86. The SMILES string of the molecule is CSCCC(N)C(=O)Nc1ccc2c(C)cc(=O)oc2c1. The molecule has 1 heterocycles. The molecule has 0 aliphatic rings. The van der Waals surface area contributed by atoms with Crippen LogP contribution in [0.15, 0.2) is 33.5 Å². The average Bonchev–Trinajstić information content (AvgIpc) is 2.44. The molecular weight excluding hydrogens is 288 g/mol. The first-order valence-corrected chi connectivity index (χ1v) is 8.00. The van der Waals surface area contributed by atoms with E-state index in [-0.39, 0.29) is 5.91 Å². The van der Waals surface area contributed by atoms with E-state index < -0.39 is 11.7 Å². The average molecular weight is 306 g/mol. The van der Waals surface area contributed by atoms with Gasteiger partial charge in [-0.05, 0) is 43.0 Å². The summed E-state index contributed by atoms with van der Waals surface area (Å²) >= 11 is 1.65. The van der Waals surface area contributed by atoms with Gasteiger partial charge in [0.2, 0.25) is 5.91 Å². The fourth-order valence-electron chi connectivity index (χ4n) is 2.01. The van der Waals surface area contributed by atoms with Gasteiger partial charge < -0.3 is 15.5 Å². The topological polar surface area (TPSA) is 85.3 Å². The van der Waals surface area contributed by atoms with E-state index in [4.69, 9.17) is 10.2 Å². The number of nitrogens with one attached hydrogen (secondary N) is 1. The zero-order chi connectivity index (χ0) is 15.4. The Balaban J connectivity index is 2.20. The Labute approximate surface area is 126 Å². The Kier molecular flexibility index (Phi) is 5.03. The quantitative estimate of drug-likeness (QED) is 0.826. The maximum atomic E-state index is 12.0. The summed E-state index contributed by atoms with van der Waals surface area (Å²) in [6, 6.07) is 6.13. The molecule has 112 valence electrons. The third-order valence-electron chi connectivity index (χ3n) is 3.19. The number of hydrogen-bond donors (Lipinski definition) is 2. The second-order valence-electron chi connectivity index (χ2n) is 4.84. The largest absolute Gasteiger partial charge is 0.423 e. The number of rotatable bonds is 5. The summed E-state index contributed by atoms with van der Waals surface area (Å²) in [5, 5.41) is 3.59. The molecule has 1 atom stereocenters. The van der Waals surface area contributed by atoms with E-state index in [0.717, 1.165) is 16.7 Å². The van der Waals surface area contributed by atoms with Crippen molar-refractivity contribution in [2.24, 2.45) is 5.73 Å². The summed E-state index contributed by atoms with van der Waals surface area (Å²) in [5.74, 6) is 0.596. The summed E-state index contributed by atoms with van der Waals surface area (Å²) < 4.78 is 5.15. The number of fused-ring (bicyclic) bond motifs is 1. The maximum absolute atomic E-state index is 12.0. The van der Waals surface area contributed by atoms with Crippen LogP contribution >= 0.6 is 11.8 Å². The zero-order valence-corrected chi connectivity index (χ0v) is 12.8. The molecule has 2 rings (SSSR count). The second-order valence-corrected chi connectivity index (χ2v) is 5.82. The number of thioether (sulfide) groups is 1. The van der Waals surface area contributed by atoms with Gasteiger partial charge in [-0.3, -0.25) is 4.79 Å². The predicted octanol–water partition coefficient (Wildman–Crippen LogP) is 2.12. The van der Waals surface area contributed by atoms with Crippen molar-refractivity contribution in [3.8, 4) is 0 Å². The molecule has 0 radical (unpaired) electrons. The molecule has 1 aromatic carbocycles. The van der Waals surface area contributed by atoms with Gasteiger partial charge in [0.15, 0.2) is 0 Å². The molecule has 1 unspecified atom stereocenters. The lowest BCUT2D eigenvalue weighted by Crippen LogP contribution is -2.36. The standard InChI is InChI=1S/C15H18N2O3S/c1-9-7-14(18)20-13-8-10(3-4-11(9)13)17-15(19)12(16)5-6-21-2/h3-4,7-8,12H,5-6,16H2,1-2H3,(H,17,19). The number of carbonyl (C=O) groups is 1. The van der Waals surface area contributed by atoms with Gasteiger partial charge >= 0.3 is 5.63 Å². The minimum atomic E-state index is -0.544. The molecule has 0 spiro atoms. The molecule has 1 amide bonds. The molecule has 0 aliphatic carbocycles. The van der Waals surface area contributed by atoms with Crippen molar-refractivity contribution in [1.29, 1.82) is 0 Å². The van der Waals surface area contributed by atoms with E-state index in [9.17, 15) is 9.59 Å². The molecule has 21 heavy (non-hydrogen) atoms. The first kappa shape index (κ1) is 15.6. The van der Waals surface area contributed by atoms with Crippen molar-refractivity contribution < 1.29 is 9.21 Å². The summed E-state index contributed by atoms with van der Waals surface area (Å²) in [7, 11) is 0. The molecule has 0 bridgehead atoms. The normalized spacial score (nSPS) is 12.3. The Morgan fingerprint density at radius 3 is 2.90 bits per heavy atom. The lowest BCUT2D eigenvalue weighted by atomic mass is 10.1. The van der Waals surface area contributed by atoms with Crippen molar-refractivity contribution in [3.05, 3.63) is 40.2 Å². The zero-order valence-electron chi connectivity index (χ0n) is 12.0. The van der Waals surface area contributed by atoms with Crippen LogP contribution in [0, 0.1) is 6.92 Å². The van der Waals surface area contributed by atoms with Crippen LogP contribution in [-0.4, -0.2) is 24.0 Å². The summed E-state index contributed by atoms with van der Waals surface area (Å²) in [6.45, 7) is 1.84. The highest BCUT2D eigenvalue weighted by Crippen LogP contribution is 2.20. The molecule has 3 N–H and O–H groups in total. The van der Waals surface area contributed by atoms with E-state index in [0.29, 0.717) is 17.7 Å². The number of nitrogens with two attached hydrogens (primary N) is 1. The third-order valence-corrected chi connectivity index (χ3v) is 3.83. The first-order chi connectivity index (χ1) is 10.0. The fourth-order valence-corrected chi connectivity index (χ4v) is 2.50. The van der Waals surface area contributed by atoms with E-state index in [1.165, 1.54) is 6.07 Å². The van der Waals surface area contributed by atoms with Gasteiger partial charge in [0.25, 0.3) is 0 Å². The smallest absolute Gasteiger partial charge is 0.336 e. The van der Waals surface area contributed by atoms with Crippen LogP contribution in [0.5, 0.6) is 0 Å². The van der Waals surface area contributed by atoms with Gasteiger partial charge in [0.1, 0.15) is 5.58 Å². The van der Waals surface area contributed by atoms with Crippen molar-refractivity contribution in [1.82, 2.24) is 0 Å². The van der Waals surface area contributed by atoms with Gasteiger partial charge in [-0.2, -0.15) is 11.8 Å². The molecule has 0 saturated heterocycles. The van der Waals surface area contributed by atoms with Crippen LogP contribution in [0.3, 0.4) is 0 Å². The van der Waals surface area contributed by atoms with E-state index >= 15 is 0 Å². The van der Waals surface area contributed by atoms with Crippen LogP contribution in [0.25, 0.3) is 11.0 Å². The molecule has 5 nitrogen and oxygen atoms in total. The van der Waals surface area contributed by atoms with Crippen LogP contribution in [0.2, 0.25) is 0 Å². The van der Waals surface area contributed by atoms with Crippen molar-refractivity contribution in [2.75, 3.05) is 17.3 Å². The molecule has 0 aliphatic heterocycles. The fraction of sp³-hybridized carbons (Fsp3) is 0.333. The van der Waals surface area contributed by atoms with Crippen molar-refractivity contribution in [2.45, 2.75) is 19.4 Å². The van der Waals surface area contributed by atoms with E-state index in [1.54, 1.807) is 23.9 Å². The van der Waals surface area contributed by atoms with Crippen LogP contribution in [0.1, 0.15) is 12.0 Å². The maximum Gasteiger partial charge on any atom is 0.336 e. The molecule has 0 fully saturated rings. The molecule has 2 aromatic rings. The van der Waals surface area contributed by atoms with Crippen LogP contribution < -0.4 is 16.7 Å². The minimum Gasteiger partial charge on any atom is -0.423 e. The Morgan fingerprint density at radius 2 is 2.19 bits per heavy atom. The monoisotopic (exact) mass is 306 g/mol. The number of aryl methyl sites for hydroxylation is 1. The molecule has 6 heteroatoms. The van der Waals surface area contributed by atoms with Gasteiger partial charge in [0, 0.05) is 23.2 Å². The highest BCUT2D eigenvalue weighted by molar-refractivity contribution is 7.98. The summed E-state index contributed by atoms with van der Waals surface area (Å²) in [4.78, 5) is 23.3. The number of anilines is 1. The summed E-state index contributed by atoms with van der Waals surface area (Å²) in [6.07, 6.45) is 2.59. The number of hydrogen-bond acceptors (Lipinski definition) is 5. The van der Waals surface area contributed by atoms with Crippen LogP contribution in [-0.2, 0) is 4.79 Å². The molecule has 0 saturated carbocycles. The van der Waals surface area contributed by atoms with Crippen molar-refractivity contribution in [3.63, 3.8) is 0 Å². The van der Waals surface area contributed by atoms with Gasteiger partial charge in [0.05, 0.1) is 6.04 Å². The number of amides is 1. The Hall–Kier alpha value is -1.79. The van der Waals surface area contributed by atoms with Gasteiger partial charge in [-0.1, -0.05) is 0 Å². The van der Waals surface area contributed by atoms with Crippen molar-refractivity contribution >= 4 is 34.3 Å². The lowest BCUT2D eigenvalue weighted by Gasteiger charge is -2.12.